The SMILES string of the molecule is O=C(NCC(c1ccco1)N1CCCC1)C1CCCNC1. The van der Waals surface area contributed by atoms with Gasteiger partial charge in [0.15, 0.2) is 0 Å². The number of hydrogen-bond donors (Lipinski definition) is 2. The van der Waals surface area contributed by atoms with Crippen molar-refractivity contribution in [3.63, 3.8) is 0 Å². The number of hydrogen-bond acceptors (Lipinski definition) is 4. The molecular weight excluding hydrogens is 266 g/mol. The molecule has 3 rings (SSSR count). The molecule has 1 aromatic rings. The molecule has 2 N–H and O–H groups in total. The molecule has 21 heavy (non-hydrogen) atoms. The molecule has 0 saturated carbocycles. The third-order valence-electron chi connectivity index (χ3n) is 4.59. The van der Waals surface area contributed by atoms with Crippen LogP contribution in [0.3, 0.4) is 0 Å². The van der Waals surface area contributed by atoms with Gasteiger partial charge in [0.25, 0.3) is 0 Å². The van der Waals surface area contributed by atoms with E-state index in [0.29, 0.717) is 6.54 Å². The molecule has 0 aromatic carbocycles. The number of carbonyl (C=O) groups excluding carboxylic acids is 1. The Hall–Kier alpha value is -1.33. The van der Waals surface area contributed by atoms with E-state index in [9.17, 15) is 4.79 Å². The summed E-state index contributed by atoms with van der Waals surface area (Å²) in [6.07, 6.45) is 6.26. The van der Waals surface area contributed by atoms with E-state index in [1.807, 2.05) is 12.1 Å². The number of furan rings is 1. The van der Waals surface area contributed by atoms with Crippen LogP contribution in [0, 0.1) is 5.92 Å². The molecule has 116 valence electrons. The summed E-state index contributed by atoms with van der Waals surface area (Å²) in [6, 6.07) is 4.10. The molecule has 2 unspecified atom stereocenters. The first-order valence-electron chi connectivity index (χ1n) is 8.10. The molecular formula is C16H25N3O2. The quantitative estimate of drug-likeness (QED) is 0.864. The lowest BCUT2D eigenvalue weighted by Crippen LogP contribution is -2.43. The summed E-state index contributed by atoms with van der Waals surface area (Å²) < 4.78 is 5.58. The number of rotatable bonds is 5. The van der Waals surface area contributed by atoms with Crippen LogP contribution in [0.25, 0.3) is 0 Å². The van der Waals surface area contributed by atoms with Gasteiger partial charge in [-0.25, -0.2) is 0 Å². The lowest BCUT2D eigenvalue weighted by Gasteiger charge is -2.27. The molecule has 0 bridgehead atoms. The summed E-state index contributed by atoms with van der Waals surface area (Å²) >= 11 is 0. The Balaban J connectivity index is 1.58. The molecule has 2 aliphatic heterocycles. The number of amides is 1. The number of nitrogens with zero attached hydrogens (tertiary/aromatic N) is 1. The Morgan fingerprint density at radius 3 is 2.95 bits per heavy atom. The molecule has 5 nitrogen and oxygen atoms in total. The molecule has 2 fully saturated rings. The molecule has 1 aromatic heterocycles. The summed E-state index contributed by atoms with van der Waals surface area (Å²) in [6.45, 7) is 4.66. The van der Waals surface area contributed by atoms with Crippen LogP contribution < -0.4 is 10.6 Å². The van der Waals surface area contributed by atoms with E-state index in [4.69, 9.17) is 4.42 Å². The van der Waals surface area contributed by atoms with Crippen LogP contribution in [0.1, 0.15) is 37.5 Å². The van der Waals surface area contributed by atoms with Gasteiger partial charge in [0.2, 0.25) is 5.91 Å². The standard InChI is InChI=1S/C16H25N3O2/c20-16(13-5-3-7-17-11-13)18-12-14(15-6-4-10-21-15)19-8-1-2-9-19/h4,6,10,13-14,17H,1-3,5,7-9,11-12H2,(H,18,20). The highest BCUT2D eigenvalue weighted by molar-refractivity contribution is 5.79. The summed E-state index contributed by atoms with van der Waals surface area (Å²) in [5.41, 5.74) is 0. The van der Waals surface area contributed by atoms with Crippen molar-refractivity contribution in [3.8, 4) is 0 Å². The van der Waals surface area contributed by atoms with Gasteiger partial charge in [0, 0.05) is 13.1 Å². The predicted molar refractivity (Wildman–Crippen MR) is 80.9 cm³/mol. The minimum Gasteiger partial charge on any atom is -0.468 e. The van der Waals surface area contributed by atoms with Crippen molar-refractivity contribution >= 4 is 5.91 Å². The zero-order valence-electron chi connectivity index (χ0n) is 12.5. The van der Waals surface area contributed by atoms with Crippen molar-refractivity contribution in [3.05, 3.63) is 24.2 Å². The van der Waals surface area contributed by atoms with E-state index in [0.717, 1.165) is 44.8 Å². The third-order valence-corrected chi connectivity index (χ3v) is 4.59. The lowest BCUT2D eigenvalue weighted by atomic mass is 9.98. The van der Waals surface area contributed by atoms with Crippen molar-refractivity contribution in [2.75, 3.05) is 32.7 Å². The van der Waals surface area contributed by atoms with Crippen LogP contribution in [-0.2, 0) is 4.79 Å². The van der Waals surface area contributed by atoms with Crippen LogP contribution in [0.4, 0.5) is 0 Å². The van der Waals surface area contributed by atoms with Crippen LogP contribution >= 0.6 is 0 Å². The van der Waals surface area contributed by atoms with Gasteiger partial charge in [-0.2, -0.15) is 0 Å². The molecule has 3 heterocycles. The maximum absolute atomic E-state index is 12.3. The second-order valence-corrected chi connectivity index (χ2v) is 6.06. The molecule has 1 amide bonds. The smallest absolute Gasteiger partial charge is 0.224 e. The molecule has 2 saturated heterocycles. The third kappa shape index (κ3) is 3.66. The molecule has 0 radical (unpaired) electrons. The van der Waals surface area contributed by atoms with Crippen LogP contribution in [0.5, 0.6) is 0 Å². The van der Waals surface area contributed by atoms with Gasteiger partial charge in [0.1, 0.15) is 5.76 Å². The Kier molecular flexibility index (Phi) is 4.93. The van der Waals surface area contributed by atoms with Crippen molar-refractivity contribution in [2.45, 2.75) is 31.7 Å². The van der Waals surface area contributed by atoms with Gasteiger partial charge in [-0.15, -0.1) is 0 Å². The van der Waals surface area contributed by atoms with E-state index in [1.54, 1.807) is 6.26 Å². The number of likely N-dealkylation sites (tertiary alicyclic amines) is 1. The first kappa shape index (κ1) is 14.6. The Bertz CT molecular complexity index is 434. The second-order valence-electron chi connectivity index (χ2n) is 6.06. The Labute approximate surface area is 126 Å². The van der Waals surface area contributed by atoms with Gasteiger partial charge >= 0.3 is 0 Å². The highest BCUT2D eigenvalue weighted by atomic mass is 16.3. The minimum atomic E-state index is 0.120. The van der Waals surface area contributed by atoms with Gasteiger partial charge in [-0.3, -0.25) is 9.69 Å². The van der Waals surface area contributed by atoms with E-state index in [-0.39, 0.29) is 17.9 Å². The average Bonchev–Trinajstić information content (AvgIpc) is 3.22. The van der Waals surface area contributed by atoms with Crippen molar-refractivity contribution in [1.82, 2.24) is 15.5 Å². The number of nitrogens with one attached hydrogen (secondary N) is 2. The van der Waals surface area contributed by atoms with E-state index >= 15 is 0 Å². The fraction of sp³-hybridized carbons (Fsp3) is 0.688. The molecule has 2 atom stereocenters. The Morgan fingerprint density at radius 2 is 2.29 bits per heavy atom. The van der Waals surface area contributed by atoms with Crippen molar-refractivity contribution in [1.29, 1.82) is 0 Å². The van der Waals surface area contributed by atoms with Gasteiger partial charge in [-0.05, 0) is 57.5 Å². The van der Waals surface area contributed by atoms with E-state index in [1.165, 1.54) is 12.8 Å². The zero-order chi connectivity index (χ0) is 14.5. The summed E-state index contributed by atoms with van der Waals surface area (Å²) in [5, 5.41) is 6.43. The number of carbonyl (C=O) groups is 1. The molecule has 2 aliphatic rings. The van der Waals surface area contributed by atoms with Crippen molar-refractivity contribution < 1.29 is 9.21 Å². The van der Waals surface area contributed by atoms with Crippen LogP contribution in [0.2, 0.25) is 0 Å². The topological polar surface area (TPSA) is 57.5 Å². The summed E-state index contributed by atoms with van der Waals surface area (Å²) in [4.78, 5) is 14.7. The average molecular weight is 291 g/mol. The Morgan fingerprint density at radius 1 is 1.43 bits per heavy atom. The fourth-order valence-corrected chi connectivity index (χ4v) is 3.36. The largest absolute Gasteiger partial charge is 0.468 e. The minimum absolute atomic E-state index is 0.120. The summed E-state index contributed by atoms with van der Waals surface area (Å²) in [7, 11) is 0. The monoisotopic (exact) mass is 291 g/mol. The first-order chi connectivity index (χ1) is 10.3. The highest BCUT2D eigenvalue weighted by Crippen LogP contribution is 2.25. The summed E-state index contributed by atoms with van der Waals surface area (Å²) in [5.74, 6) is 1.26. The van der Waals surface area contributed by atoms with Gasteiger partial charge in [-0.1, -0.05) is 0 Å². The van der Waals surface area contributed by atoms with E-state index in [2.05, 4.69) is 15.5 Å². The van der Waals surface area contributed by atoms with Crippen LogP contribution in [0.15, 0.2) is 22.8 Å². The predicted octanol–water partition coefficient (Wildman–Crippen LogP) is 1.53. The second kappa shape index (κ2) is 7.09. The molecule has 0 aliphatic carbocycles. The first-order valence-corrected chi connectivity index (χ1v) is 8.10. The lowest BCUT2D eigenvalue weighted by molar-refractivity contribution is -0.125. The maximum atomic E-state index is 12.3. The fourth-order valence-electron chi connectivity index (χ4n) is 3.36. The zero-order valence-corrected chi connectivity index (χ0v) is 12.5. The number of piperidine rings is 1. The molecule has 5 heteroatoms. The normalized spacial score (nSPS) is 24.9. The van der Waals surface area contributed by atoms with Crippen molar-refractivity contribution in [2.24, 2.45) is 5.92 Å². The molecule has 0 spiro atoms. The maximum Gasteiger partial charge on any atom is 0.224 e. The van der Waals surface area contributed by atoms with Gasteiger partial charge < -0.3 is 15.1 Å². The highest BCUT2D eigenvalue weighted by Gasteiger charge is 2.27. The van der Waals surface area contributed by atoms with E-state index < -0.39 is 0 Å². The van der Waals surface area contributed by atoms with Crippen LogP contribution in [-0.4, -0.2) is 43.5 Å². The van der Waals surface area contributed by atoms with Gasteiger partial charge in [0.05, 0.1) is 18.2 Å².